The molecule has 0 aliphatic rings. The molecule has 3 aromatic rings. The first kappa shape index (κ1) is 18.5. The zero-order chi connectivity index (χ0) is 15.8. The maximum Gasteiger partial charge on any atom is 2.00 e. The molecule has 0 aliphatic heterocycles. The number of carbonyl (C=O) groups excluding carboxylic acids is 1. The Bertz CT molecular complexity index is 695. The summed E-state index contributed by atoms with van der Waals surface area (Å²) >= 11 is 0. The molecule has 1 aromatic heterocycles. The molecule has 5 nitrogen and oxygen atoms in total. The predicted octanol–water partition coefficient (Wildman–Crippen LogP) is 2.91. The van der Waals surface area contributed by atoms with Crippen molar-refractivity contribution in [1.82, 2.24) is 10.2 Å². The van der Waals surface area contributed by atoms with Crippen molar-refractivity contribution in [3.8, 4) is 0 Å². The Balaban J connectivity index is 0.000000377. The van der Waals surface area contributed by atoms with Crippen molar-refractivity contribution in [2.24, 2.45) is 0 Å². The third-order valence-corrected chi connectivity index (χ3v) is 2.79. The van der Waals surface area contributed by atoms with E-state index in [-0.39, 0.29) is 27.0 Å². The second kappa shape index (κ2) is 9.49. The van der Waals surface area contributed by atoms with Crippen LogP contribution in [0.4, 0.5) is 11.4 Å². The molecule has 0 spiro atoms. The van der Waals surface area contributed by atoms with Gasteiger partial charge in [0, 0.05) is 5.56 Å². The van der Waals surface area contributed by atoms with Gasteiger partial charge < -0.3 is 21.2 Å². The van der Waals surface area contributed by atoms with E-state index in [0.29, 0.717) is 16.9 Å². The van der Waals surface area contributed by atoms with Gasteiger partial charge >= 0.3 is 21.1 Å². The predicted molar refractivity (Wildman–Crippen MR) is 87.1 cm³/mol. The molecule has 1 heterocycles. The summed E-state index contributed by atoms with van der Waals surface area (Å²) in [7, 11) is 0. The van der Waals surface area contributed by atoms with Crippen LogP contribution in [-0.4, -0.2) is 16.1 Å². The quantitative estimate of drug-likeness (QED) is 0.393. The number of H-pyrrole nitrogens is 1. The summed E-state index contributed by atoms with van der Waals surface area (Å²) in [6.45, 7) is 3.77. The fourth-order valence-electron chi connectivity index (χ4n) is 1.65. The topological polar surface area (TPSA) is 83.8 Å². The molecule has 2 aromatic carbocycles. The first-order valence-corrected chi connectivity index (χ1v) is 6.60. The van der Waals surface area contributed by atoms with E-state index in [0.717, 1.165) is 5.56 Å². The summed E-state index contributed by atoms with van der Waals surface area (Å²) in [6, 6.07) is 15.9. The number of nitrogen functional groups attached to an aromatic ring is 1. The van der Waals surface area contributed by atoms with Gasteiger partial charge in [0.25, 0.3) is 5.91 Å². The van der Waals surface area contributed by atoms with E-state index in [2.05, 4.69) is 28.6 Å². The Morgan fingerprint density at radius 2 is 1.87 bits per heavy atom. The van der Waals surface area contributed by atoms with Crippen molar-refractivity contribution in [1.29, 1.82) is 0 Å². The number of hydrogen-bond acceptors (Lipinski definition) is 3. The Kier molecular flexibility index (Phi) is 7.64. The van der Waals surface area contributed by atoms with Gasteiger partial charge in [0.05, 0.1) is 11.4 Å². The summed E-state index contributed by atoms with van der Waals surface area (Å²) in [4.78, 5) is 11.9. The zero-order valence-electron chi connectivity index (χ0n) is 12.3. The molecule has 23 heavy (non-hydrogen) atoms. The van der Waals surface area contributed by atoms with E-state index in [4.69, 9.17) is 5.73 Å². The van der Waals surface area contributed by atoms with E-state index in [1.54, 1.807) is 48.7 Å². The molecule has 0 saturated carbocycles. The van der Waals surface area contributed by atoms with Gasteiger partial charge in [0.2, 0.25) is 0 Å². The molecule has 0 fully saturated rings. The van der Waals surface area contributed by atoms with E-state index in [9.17, 15) is 4.79 Å². The molecular formula is C17H16N4OW. The van der Waals surface area contributed by atoms with Crippen LogP contribution >= 0.6 is 0 Å². The standard InChI is InChI=1S/C14H13N2O.C3H3N2.W/c1-10-6-8-11(9-7-10)14(17)16-13-5-3-2-4-12(13)15;1-2-4-5-3-1;/h2-9H,1,15H2,(H,16,17);1-2H,(H,4,5);/q2*-1;+2. The number of aromatic amines is 1. The van der Waals surface area contributed by atoms with Crippen LogP contribution in [0.25, 0.3) is 0 Å². The van der Waals surface area contributed by atoms with E-state index in [1.165, 1.54) is 0 Å². The fraction of sp³-hybridized carbons (Fsp3) is 0. The van der Waals surface area contributed by atoms with Crippen LogP contribution < -0.4 is 11.1 Å². The van der Waals surface area contributed by atoms with Crippen molar-refractivity contribution in [3.05, 3.63) is 85.0 Å². The monoisotopic (exact) mass is 476 g/mol. The number of hydrogen-bond donors (Lipinski definition) is 3. The molecule has 3 rings (SSSR count). The number of carbonyl (C=O) groups is 1. The smallest absolute Gasteiger partial charge is 0.397 e. The van der Waals surface area contributed by atoms with Gasteiger partial charge in [-0.2, -0.15) is 36.9 Å². The van der Waals surface area contributed by atoms with Crippen LogP contribution in [0.15, 0.2) is 60.8 Å². The Hall–Kier alpha value is -2.52. The molecular weight excluding hydrogens is 460 g/mol. The van der Waals surface area contributed by atoms with Crippen molar-refractivity contribution in [2.45, 2.75) is 0 Å². The molecule has 1 amide bonds. The second-order valence-corrected chi connectivity index (χ2v) is 4.44. The number of benzene rings is 2. The minimum Gasteiger partial charge on any atom is -0.397 e. The van der Waals surface area contributed by atoms with E-state index in [1.807, 2.05) is 12.1 Å². The van der Waals surface area contributed by atoms with Gasteiger partial charge in [-0.1, -0.05) is 12.1 Å². The second-order valence-electron chi connectivity index (χ2n) is 4.44. The largest absolute Gasteiger partial charge is 2.00 e. The molecule has 0 aliphatic carbocycles. The Morgan fingerprint density at radius 3 is 2.39 bits per heavy atom. The molecule has 0 atom stereocenters. The molecule has 0 saturated heterocycles. The molecule has 0 radical (unpaired) electrons. The maximum atomic E-state index is 11.9. The molecule has 0 bridgehead atoms. The van der Waals surface area contributed by atoms with Gasteiger partial charge in [0.15, 0.2) is 0 Å². The normalized spacial score (nSPS) is 9.04. The molecule has 116 valence electrons. The summed E-state index contributed by atoms with van der Waals surface area (Å²) in [5.74, 6) is -0.178. The van der Waals surface area contributed by atoms with E-state index >= 15 is 0 Å². The Morgan fingerprint density at radius 1 is 1.17 bits per heavy atom. The minimum atomic E-state index is -0.178. The average Bonchev–Trinajstić information content (AvgIpc) is 3.10. The van der Waals surface area contributed by atoms with Crippen molar-refractivity contribution in [2.75, 3.05) is 11.1 Å². The van der Waals surface area contributed by atoms with Gasteiger partial charge in [-0.05, 0) is 12.1 Å². The van der Waals surface area contributed by atoms with Crippen LogP contribution in [0.1, 0.15) is 15.9 Å². The molecule has 6 heteroatoms. The van der Waals surface area contributed by atoms with Crippen LogP contribution in [0.2, 0.25) is 0 Å². The maximum absolute atomic E-state index is 11.9. The van der Waals surface area contributed by atoms with Crippen LogP contribution in [-0.2, 0) is 21.1 Å². The summed E-state index contributed by atoms with van der Waals surface area (Å²) in [5.41, 5.74) is 8.38. The third-order valence-electron chi connectivity index (χ3n) is 2.79. The van der Waals surface area contributed by atoms with Crippen molar-refractivity contribution >= 4 is 17.3 Å². The van der Waals surface area contributed by atoms with Crippen LogP contribution in [0, 0.1) is 13.1 Å². The van der Waals surface area contributed by atoms with E-state index < -0.39 is 0 Å². The summed E-state index contributed by atoms with van der Waals surface area (Å²) in [6.07, 6.45) is 4.26. The first-order chi connectivity index (χ1) is 10.7. The molecule has 4 N–H and O–H groups in total. The van der Waals surface area contributed by atoms with Crippen molar-refractivity contribution < 1.29 is 25.9 Å². The number of anilines is 2. The zero-order valence-corrected chi connectivity index (χ0v) is 15.3. The minimum absolute atomic E-state index is 0. The van der Waals surface area contributed by atoms with Gasteiger partial charge in [0.1, 0.15) is 0 Å². The number of para-hydroxylation sites is 2. The van der Waals surface area contributed by atoms with Gasteiger partial charge in [-0.3, -0.25) is 4.79 Å². The number of nitrogens with zero attached hydrogens (tertiary/aromatic N) is 1. The van der Waals surface area contributed by atoms with Crippen LogP contribution in [0.5, 0.6) is 0 Å². The number of nitrogens with one attached hydrogen (secondary N) is 2. The summed E-state index contributed by atoms with van der Waals surface area (Å²) in [5, 5.41) is 8.79. The van der Waals surface area contributed by atoms with Gasteiger partial charge in [-0.25, -0.2) is 0 Å². The number of amides is 1. The van der Waals surface area contributed by atoms with Gasteiger partial charge in [-0.15, -0.1) is 18.3 Å². The average molecular weight is 476 g/mol. The number of aromatic nitrogens is 2. The summed E-state index contributed by atoms with van der Waals surface area (Å²) < 4.78 is 0. The van der Waals surface area contributed by atoms with Crippen molar-refractivity contribution in [3.63, 3.8) is 0 Å². The number of nitrogens with two attached hydrogens (primary N) is 1. The number of rotatable bonds is 2. The third kappa shape index (κ3) is 6.01. The Labute approximate surface area is 149 Å². The SMILES string of the molecule is [CH2-]c1ccc(C(=O)Nc2ccccc2N)cc1.[W+2].[c-]1ccn[nH]1. The molecule has 0 unspecified atom stereocenters. The van der Waals surface area contributed by atoms with Crippen LogP contribution in [0.3, 0.4) is 0 Å². The fourth-order valence-corrected chi connectivity index (χ4v) is 1.65. The first-order valence-electron chi connectivity index (χ1n) is 6.60.